The van der Waals surface area contributed by atoms with Crippen LogP contribution in [0.4, 0.5) is 0 Å². The van der Waals surface area contributed by atoms with Crippen LogP contribution >= 0.6 is 0 Å². The second-order valence-electron chi connectivity index (χ2n) is 5.80. The molecule has 124 valence electrons. The Morgan fingerprint density at radius 2 is 1.04 bits per heavy atom. The zero-order valence-electron chi connectivity index (χ0n) is 13.1. The maximum atomic E-state index is 9.27. The summed E-state index contributed by atoms with van der Waals surface area (Å²) in [5, 5.41) is 20.5. The van der Waals surface area contributed by atoms with Crippen LogP contribution in [0, 0.1) is 0 Å². The fourth-order valence-electron chi connectivity index (χ4n) is 2.36. The van der Waals surface area contributed by atoms with Gasteiger partial charge in [-0.3, -0.25) is 0 Å². The molecule has 2 atom stereocenters. The molecule has 0 aliphatic carbocycles. The van der Waals surface area contributed by atoms with E-state index in [1.807, 2.05) is 24.3 Å². The summed E-state index contributed by atoms with van der Waals surface area (Å²) >= 11 is 0.423. The van der Waals surface area contributed by atoms with Crippen LogP contribution in [0.2, 0.25) is 10.6 Å². The Kier molecular flexibility index (Phi) is 6.93. The molecule has 0 fully saturated rings. The van der Waals surface area contributed by atoms with Crippen molar-refractivity contribution in [2.75, 3.05) is 0 Å². The second-order valence-corrected chi connectivity index (χ2v) is 8.05. The number of hydrogen-bond acceptors (Lipinski definition) is 4. The Morgan fingerprint density at radius 3 is 1.39 bits per heavy atom. The van der Waals surface area contributed by atoms with Crippen molar-refractivity contribution in [2.24, 2.45) is 11.5 Å². The molecule has 0 aromatic heterocycles. The molecular formula is C18H24N2O2Se. The van der Waals surface area contributed by atoms with Crippen LogP contribution in [0.3, 0.4) is 0 Å². The number of aromatic hydroxyl groups is 2. The predicted molar refractivity (Wildman–Crippen MR) is 94.9 cm³/mol. The molecule has 0 amide bonds. The van der Waals surface area contributed by atoms with Gasteiger partial charge >= 0.3 is 143 Å². The topological polar surface area (TPSA) is 92.5 Å². The van der Waals surface area contributed by atoms with E-state index in [2.05, 4.69) is 0 Å². The van der Waals surface area contributed by atoms with Crippen LogP contribution in [0.25, 0.3) is 0 Å². The summed E-state index contributed by atoms with van der Waals surface area (Å²) in [5.41, 5.74) is 14.7. The molecule has 4 nitrogen and oxygen atoms in total. The van der Waals surface area contributed by atoms with Crippen LogP contribution in [0.5, 0.6) is 11.5 Å². The molecule has 0 bridgehead atoms. The van der Waals surface area contributed by atoms with E-state index < -0.39 is 0 Å². The van der Waals surface area contributed by atoms with Gasteiger partial charge in [-0.25, -0.2) is 0 Å². The summed E-state index contributed by atoms with van der Waals surface area (Å²) in [4.78, 5) is 0. The maximum absolute atomic E-state index is 9.27. The van der Waals surface area contributed by atoms with Crippen molar-refractivity contribution in [1.82, 2.24) is 0 Å². The molecular weight excluding hydrogens is 355 g/mol. The van der Waals surface area contributed by atoms with Crippen molar-refractivity contribution in [1.29, 1.82) is 0 Å². The van der Waals surface area contributed by atoms with Gasteiger partial charge in [0.05, 0.1) is 0 Å². The van der Waals surface area contributed by atoms with Gasteiger partial charge < -0.3 is 0 Å². The predicted octanol–water partition coefficient (Wildman–Crippen LogP) is 2.08. The van der Waals surface area contributed by atoms with Crippen LogP contribution in [0.1, 0.15) is 11.1 Å². The monoisotopic (exact) mass is 380 g/mol. The molecule has 23 heavy (non-hydrogen) atoms. The van der Waals surface area contributed by atoms with E-state index in [-0.39, 0.29) is 23.6 Å². The Bertz CT molecular complexity index is 533. The van der Waals surface area contributed by atoms with Crippen LogP contribution in [-0.2, 0) is 12.8 Å². The van der Waals surface area contributed by atoms with Gasteiger partial charge in [0.25, 0.3) is 0 Å². The Hall–Kier alpha value is -1.52. The molecule has 2 aromatic carbocycles. The molecule has 0 radical (unpaired) electrons. The number of phenols is 2. The minimum atomic E-state index is 0.139. The van der Waals surface area contributed by atoms with Crippen molar-refractivity contribution >= 4 is 15.0 Å². The van der Waals surface area contributed by atoms with Gasteiger partial charge in [0.2, 0.25) is 0 Å². The normalized spacial score (nSPS) is 13.7. The van der Waals surface area contributed by atoms with Gasteiger partial charge in [-0.15, -0.1) is 0 Å². The van der Waals surface area contributed by atoms with Gasteiger partial charge in [-0.2, -0.15) is 0 Å². The zero-order valence-corrected chi connectivity index (χ0v) is 14.8. The summed E-state index contributed by atoms with van der Waals surface area (Å²) in [7, 11) is 0. The van der Waals surface area contributed by atoms with Gasteiger partial charge in [-0.05, 0) is 0 Å². The van der Waals surface area contributed by atoms with Gasteiger partial charge in [-0.1, -0.05) is 0 Å². The molecule has 0 saturated heterocycles. The van der Waals surface area contributed by atoms with E-state index in [9.17, 15) is 10.2 Å². The van der Waals surface area contributed by atoms with Crippen molar-refractivity contribution in [3.8, 4) is 11.5 Å². The number of benzene rings is 2. The number of phenolic OH excluding ortho intramolecular Hbond substituents is 2. The van der Waals surface area contributed by atoms with E-state index in [1.54, 1.807) is 24.3 Å². The average molecular weight is 379 g/mol. The molecule has 6 N–H and O–H groups in total. The van der Waals surface area contributed by atoms with Crippen molar-refractivity contribution in [2.45, 2.75) is 35.6 Å². The molecule has 2 unspecified atom stereocenters. The Labute approximate surface area is 143 Å². The Balaban J connectivity index is 1.67. The first-order valence-corrected chi connectivity index (χ1v) is 10.1. The third kappa shape index (κ3) is 6.63. The van der Waals surface area contributed by atoms with Crippen molar-refractivity contribution < 1.29 is 10.2 Å². The van der Waals surface area contributed by atoms with Gasteiger partial charge in [0.1, 0.15) is 0 Å². The fourth-order valence-corrected chi connectivity index (χ4v) is 4.41. The second kappa shape index (κ2) is 8.94. The van der Waals surface area contributed by atoms with E-state index in [0.717, 1.165) is 34.6 Å². The third-order valence-corrected chi connectivity index (χ3v) is 6.32. The van der Waals surface area contributed by atoms with Crippen molar-refractivity contribution in [3.05, 3.63) is 59.7 Å². The van der Waals surface area contributed by atoms with E-state index in [1.165, 1.54) is 0 Å². The first-order chi connectivity index (χ1) is 11.0. The summed E-state index contributed by atoms with van der Waals surface area (Å²) < 4.78 is 0. The summed E-state index contributed by atoms with van der Waals surface area (Å²) in [6, 6.07) is 14.7. The molecule has 0 aliphatic rings. The molecule has 5 heteroatoms. The third-order valence-electron chi connectivity index (χ3n) is 3.53. The average Bonchev–Trinajstić information content (AvgIpc) is 2.52. The van der Waals surface area contributed by atoms with E-state index in [0.29, 0.717) is 15.0 Å². The van der Waals surface area contributed by atoms with Gasteiger partial charge in [0, 0.05) is 0 Å². The molecule has 2 aromatic rings. The summed E-state index contributed by atoms with van der Waals surface area (Å²) in [6.07, 6.45) is 1.66. The molecule has 0 spiro atoms. The molecule has 0 aliphatic heterocycles. The summed E-state index contributed by atoms with van der Waals surface area (Å²) in [5.74, 6) is 0.568. The SMILES string of the molecule is NC(C[Se]CC(N)Cc1ccc(O)cc1)Cc1ccc(O)cc1. The first kappa shape index (κ1) is 17.8. The Morgan fingerprint density at radius 1 is 0.696 bits per heavy atom. The van der Waals surface area contributed by atoms with Crippen molar-refractivity contribution in [3.63, 3.8) is 0 Å². The fraction of sp³-hybridized carbons (Fsp3) is 0.333. The quantitative estimate of drug-likeness (QED) is 0.529. The number of rotatable bonds is 8. The summed E-state index contributed by atoms with van der Waals surface area (Å²) in [6.45, 7) is 0. The molecule has 0 saturated carbocycles. The van der Waals surface area contributed by atoms with Crippen LogP contribution in [0.15, 0.2) is 48.5 Å². The van der Waals surface area contributed by atoms with Crippen LogP contribution < -0.4 is 11.5 Å². The van der Waals surface area contributed by atoms with E-state index in [4.69, 9.17) is 11.5 Å². The first-order valence-electron chi connectivity index (χ1n) is 7.67. The number of hydrogen-bond donors (Lipinski definition) is 4. The molecule has 0 heterocycles. The van der Waals surface area contributed by atoms with E-state index >= 15 is 0 Å². The molecule has 2 rings (SSSR count). The number of nitrogens with two attached hydrogens (primary N) is 2. The zero-order chi connectivity index (χ0) is 16.7. The van der Waals surface area contributed by atoms with Crippen LogP contribution in [-0.4, -0.2) is 37.3 Å². The van der Waals surface area contributed by atoms with Gasteiger partial charge in [0.15, 0.2) is 0 Å². The standard InChI is InChI=1S/C18H24N2O2Se/c19-15(9-13-1-5-17(21)6-2-13)11-23-12-16(20)10-14-3-7-18(22)8-4-14/h1-8,15-16,21-22H,9-12,19-20H2. The minimum absolute atomic E-state index is 0.139.